The summed E-state index contributed by atoms with van der Waals surface area (Å²) < 4.78 is 2.14. The predicted octanol–water partition coefficient (Wildman–Crippen LogP) is 9.41. The molecule has 0 saturated heterocycles. The molecule has 222 valence electrons. The normalized spacial score (nSPS) is 11.8. The van der Waals surface area contributed by atoms with Gasteiger partial charge in [-0.15, -0.1) is 34.0 Å². The van der Waals surface area contributed by atoms with Crippen molar-refractivity contribution in [2.24, 2.45) is 0 Å². The third-order valence-electron chi connectivity index (χ3n) is 8.40. The minimum Gasteiger partial charge on any atom is -0.507 e. The molecule has 6 heteroatoms. The van der Waals surface area contributed by atoms with E-state index in [1.165, 1.54) is 0 Å². The van der Waals surface area contributed by atoms with Crippen LogP contribution in [-0.2, 0) is 26.5 Å². The van der Waals surface area contributed by atoms with E-state index in [-0.39, 0.29) is 32.2 Å². The Labute approximate surface area is 275 Å². The van der Waals surface area contributed by atoms with Crippen LogP contribution in [-0.4, -0.2) is 24.9 Å². The number of phenols is 1. The SMILES string of the molecule is CC(C)(C)c1cc(-c2[c-]c3c(cc2)c2ccccc2n3-c2cc3ccccc3nn2)nc(-c2cc3ccccc3cc2O)c1.[Pt]. The van der Waals surface area contributed by atoms with E-state index < -0.39 is 0 Å². The van der Waals surface area contributed by atoms with Gasteiger partial charge in [0.2, 0.25) is 0 Å². The summed E-state index contributed by atoms with van der Waals surface area (Å²) in [5.41, 5.74) is 6.88. The number of aromatic hydroxyl groups is 1. The van der Waals surface area contributed by atoms with Crippen molar-refractivity contribution in [3.8, 4) is 34.1 Å². The Morgan fingerprint density at radius 1 is 0.667 bits per heavy atom. The zero-order chi connectivity index (χ0) is 30.0. The molecule has 8 rings (SSSR count). The predicted molar refractivity (Wildman–Crippen MR) is 179 cm³/mol. The van der Waals surface area contributed by atoms with Gasteiger partial charge in [0.25, 0.3) is 0 Å². The number of benzene rings is 5. The van der Waals surface area contributed by atoms with Crippen molar-refractivity contribution in [1.82, 2.24) is 19.7 Å². The summed E-state index contributed by atoms with van der Waals surface area (Å²) in [7, 11) is 0. The molecule has 5 nitrogen and oxygen atoms in total. The zero-order valence-corrected chi connectivity index (χ0v) is 27.3. The fourth-order valence-corrected chi connectivity index (χ4v) is 6.04. The molecule has 0 spiro atoms. The van der Waals surface area contributed by atoms with Crippen molar-refractivity contribution < 1.29 is 26.2 Å². The van der Waals surface area contributed by atoms with Crippen molar-refractivity contribution in [3.63, 3.8) is 0 Å². The van der Waals surface area contributed by atoms with Gasteiger partial charge in [-0.3, -0.25) is 4.98 Å². The molecule has 45 heavy (non-hydrogen) atoms. The quantitative estimate of drug-likeness (QED) is 0.182. The monoisotopic (exact) mass is 764 g/mol. The first-order chi connectivity index (χ1) is 21.3. The molecule has 3 heterocycles. The van der Waals surface area contributed by atoms with Gasteiger partial charge in [-0.1, -0.05) is 92.9 Å². The van der Waals surface area contributed by atoms with Crippen LogP contribution in [0.1, 0.15) is 26.3 Å². The van der Waals surface area contributed by atoms with Crippen molar-refractivity contribution >= 4 is 43.5 Å². The van der Waals surface area contributed by atoms with Crippen LogP contribution in [0.5, 0.6) is 5.75 Å². The third kappa shape index (κ3) is 4.98. The molecule has 0 unspecified atom stereocenters. The summed E-state index contributed by atoms with van der Waals surface area (Å²) in [6, 6.07) is 42.5. The van der Waals surface area contributed by atoms with Gasteiger partial charge in [-0.25, -0.2) is 0 Å². The van der Waals surface area contributed by atoms with Crippen molar-refractivity contribution in [3.05, 3.63) is 127 Å². The van der Waals surface area contributed by atoms with E-state index in [4.69, 9.17) is 4.98 Å². The van der Waals surface area contributed by atoms with E-state index in [2.05, 4.69) is 102 Å². The Bertz CT molecular complexity index is 2400. The van der Waals surface area contributed by atoms with Gasteiger partial charge in [-0.2, -0.15) is 0 Å². The Hall–Kier alpha value is -4.86. The van der Waals surface area contributed by atoms with Crippen molar-refractivity contribution in [1.29, 1.82) is 0 Å². The number of para-hydroxylation sites is 1. The molecule has 8 aromatic rings. The van der Waals surface area contributed by atoms with E-state index in [1.807, 2.05) is 54.6 Å². The van der Waals surface area contributed by atoms with Crippen LogP contribution in [0, 0.1) is 6.07 Å². The summed E-state index contributed by atoms with van der Waals surface area (Å²) in [6.07, 6.45) is 0. The second kappa shape index (κ2) is 10.9. The van der Waals surface area contributed by atoms with Crippen LogP contribution in [0.15, 0.2) is 115 Å². The molecule has 0 aliphatic rings. The smallest absolute Gasteiger partial charge is 0.159 e. The molecule has 0 atom stereocenters. The van der Waals surface area contributed by atoms with Crippen molar-refractivity contribution in [2.75, 3.05) is 0 Å². The number of phenolic OH excluding ortho intramolecular Hbond substituents is 1. The average Bonchev–Trinajstić information content (AvgIpc) is 3.37. The van der Waals surface area contributed by atoms with Crippen LogP contribution < -0.4 is 0 Å². The number of hydrogen-bond acceptors (Lipinski definition) is 4. The van der Waals surface area contributed by atoms with Gasteiger partial charge in [0, 0.05) is 37.5 Å². The molecule has 0 saturated carbocycles. The van der Waals surface area contributed by atoms with Gasteiger partial charge in [-0.05, 0) is 74.7 Å². The summed E-state index contributed by atoms with van der Waals surface area (Å²) in [4.78, 5) is 5.13. The molecule has 0 aliphatic carbocycles. The first-order valence-corrected chi connectivity index (χ1v) is 14.8. The van der Waals surface area contributed by atoms with Gasteiger partial charge in [0.05, 0.1) is 11.2 Å². The van der Waals surface area contributed by atoms with Crippen LogP contribution >= 0.6 is 0 Å². The Kier molecular flexibility index (Phi) is 7.02. The molecule has 1 N–H and O–H groups in total. The third-order valence-corrected chi connectivity index (χ3v) is 8.40. The van der Waals surface area contributed by atoms with E-state index in [0.717, 1.165) is 71.8 Å². The largest absolute Gasteiger partial charge is 0.507 e. The van der Waals surface area contributed by atoms with Crippen LogP contribution in [0.2, 0.25) is 0 Å². The minimum atomic E-state index is -0.140. The molecule has 0 amide bonds. The van der Waals surface area contributed by atoms with Gasteiger partial charge in [0.1, 0.15) is 5.75 Å². The van der Waals surface area contributed by atoms with Crippen LogP contribution in [0.25, 0.3) is 71.8 Å². The second-order valence-corrected chi connectivity index (χ2v) is 12.3. The summed E-state index contributed by atoms with van der Waals surface area (Å²) in [6.45, 7) is 6.58. The van der Waals surface area contributed by atoms with Crippen LogP contribution in [0.3, 0.4) is 0 Å². The average molecular weight is 765 g/mol. The van der Waals surface area contributed by atoms with E-state index in [0.29, 0.717) is 5.56 Å². The molecule has 0 fully saturated rings. The number of rotatable bonds is 3. The fourth-order valence-electron chi connectivity index (χ4n) is 6.04. The van der Waals surface area contributed by atoms with Gasteiger partial charge < -0.3 is 9.67 Å². The summed E-state index contributed by atoms with van der Waals surface area (Å²) in [5, 5.41) is 25.6. The molecule has 0 bridgehead atoms. The molecule has 5 aromatic carbocycles. The van der Waals surface area contributed by atoms with Gasteiger partial charge in [0.15, 0.2) is 5.82 Å². The van der Waals surface area contributed by atoms with E-state index in [9.17, 15) is 5.11 Å². The first-order valence-electron chi connectivity index (χ1n) is 14.8. The van der Waals surface area contributed by atoms with Gasteiger partial charge >= 0.3 is 0 Å². The molecule has 0 aliphatic heterocycles. The number of hydrogen-bond donors (Lipinski definition) is 1. The number of aromatic nitrogens is 4. The fraction of sp³-hybridized carbons (Fsp3) is 0.103. The molecular weight excluding hydrogens is 736 g/mol. The topological polar surface area (TPSA) is 63.8 Å². The van der Waals surface area contributed by atoms with Crippen molar-refractivity contribution in [2.45, 2.75) is 26.2 Å². The Balaban J connectivity index is 0.00000325. The number of pyridine rings is 1. The standard InChI is InChI=1S/C39H29N4O.Pt/c1-39(2,3)28-22-33(40-34(23-28)31-18-24-10-4-5-11-25(24)20-37(31)44)27-16-17-30-29-13-7-9-15-35(29)43(36(30)19-27)38-21-26-12-6-8-14-32(26)41-42-38;/h4-18,20-23,44H,1-3H3;/q-1;. The molecule has 3 aromatic heterocycles. The van der Waals surface area contributed by atoms with E-state index >= 15 is 0 Å². The minimum absolute atomic E-state index is 0. The Morgan fingerprint density at radius 3 is 2.16 bits per heavy atom. The summed E-state index contributed by atoms with van der Waals surface area (Å²) in [5.74, 6) is 0.948. The van der Waals surface area contributed by atoms with E-state index in [1.54, 1.807) is 0 Å². The zero-order valence-electron chi connectivity index (χ0n) is 25.0. The molecular formula is C39H29N4OPt-. The van der Waals surface area contributed by atoms with Crippen LogP contribution in [0.4, 0.5) is 0 Å². The Morgan fingerprint density at radius 2 is 1.36 bits per heavy atom. The first kappa shape index (κ1) is 28.9. The number of fused-ring (bicyclic) bond motifs is 5. The summed E-state index contributed by atoms with van der Waals surface area (Å²) >= 11 is 0. The second-order valence-electron chi connectivity index (χ2n) is 12.3. The maximum atomic E-state index is 11.1. The maximum absolute atomic E-state index is 11.1. The molecule has 0 radical (unpaired) electrons. The number of nitrogens with zero attached hydrogens (tertiary/aromatic N) is 4. The maximum Gasteiger partial charge on any atom is 0.159 e.